The van der Waals surface area contributed by atoms with E-state index in [0.29, 0.717) is 0 Å². The number of benzene rings is 7. The van der Waals surface area contributed by atoms with Gasteiger partial charge >= 0.3 is 0 Å². The summed E-state index contributed by atoms with van der Waals surface area (Å²) >= 11 is 0. The Hall–Kier alpha value is -5.80. The lowest BCUT2D eigenvalue weighted by atomic mass is 10.0. The molecule has 0 radical (unpaired) electrons. The Balaban J connectivity index is 1.40. The van der Waals surface area contributed by atoms with Gasteiger partial charge in [0.2, 0.25) is 0 Å². The number of para-hydroxylation sites is 2. The van der Waals surface area contributed by atoms with Gasteiger partial charge in [0.15, 0.2) is 0 Å². The Kier molecular flexibility index (Phi) is 3.83. The molecule has 0 aliphatic rings. The minimum atomic E-state index is 0.903. The molecule has 0 aliphatic carbocycles. The maximum atomic E-state index is 6.51. The van der Waals surface area contributed by atoms with Crippen LogP contribution >= 0.6 is 0 Å². The summed E-state index contributed by atoms with van der Waals surface area (Å²) < 4.78 is 11.5. The third-order valence-electron chi connectivity index (χ3n) is 9.60. The minimum absolute atomic E-state index is 0.903. The van der Waals surface area contributed by atoms with Crippen molar-refractivity contribution >= 4 is 92.6 Å². The van der Waals surface area contributed by atoms with Gasteiger partial charge in [0, 0.05) is 32.3 Å². The van der Waals surface area contributed by atoms with Gasteiger partial charge in [-0.3, -0.25) is 0 Å². The molecule has 7 aromatic carbocycles. The molecule has 0 atom stereocenters. The van der Waals surface area contributed by atoms with Crippen molar-refractivity contribution in [1.82, 2.24) is 8.97 Å². The Morgan fingerprint density at radius 3 is 1.93 bits per heavy atom. The van der Waals surface area contributed by atoms with Crippen LogP contribution in [0.5, 0.6) is 0 Å². The predicted molar refractivity (Wildman–Crippen MR) is 180 cm³/mol. The van der Waals surface area contributed by atoms with Crippen molar-refractivity contribution in [3.05, 3.63) is 133 Å². The van der Waals surface area contributed by atoms with Gasteiger partial charge in [0.1, 0.15) is 11.2 Å². The van der Waals surface area contributed by atoms with Crippen LogP contribution in [-0.2, 0) is 0 Å². The Bertz CT molecular complexity index is 2950. The van der Waals surface area contributed by atoms with E-state index in [4.69, 9.17) is 4.42 Å². The van der Waals surface area contributed by atoms with Gasteiger partial charge < -0.3 is 13.4 Å². The average Bonchev–Trinajstić information content (AvgIpc) is 3.68. The topological polar surface area (TPSA) is 22.5 Å². The second-order valence-corrected chi connectivity index (χ2v) is 11.7. The highest BCUT2D eigenvalue weighted by Gasteiger charge is 2.23. The van der Waals surface area contributed by atoms with Crippen LogP contribution < -0.4 is 0 Å². The highest BCUT2D eigenvalue weighted by Crippen LogP contribution is 2.45. The summed E-state index contributed by atoms with van der Waals surface area (Å²) in [7, 11) is 0. The van der Waals surface area contributed by atoms with Crippen LogP contribution in [0.1, 0.15) is 0 Å². The third-order valence-corrected chi connectivity index (χ3v) is 9.60. The molecule has 11 aromatic rings. The molecule has 3 heteroatoms. The maximum absolute atomic E-state index is 6.51. The number of nitrogens with zero attached hydrogens (tertiary/aromatic N) is 2. The first-order valence-electron chi connectivity index (χ1n) is 14.8. The van der Waals surface area contributed by atoms with Gasteiger partial charge in [-0.2, -0.15) is 0 Å². The summed E-state index contributed by atoms with van der Waals surface area (Å²) in [5, 5.41) is 12.4. The highest BCUT2D eigenvalue weighted by molar-refractivity contribution is 6.31. The van der Waals surface area contributed by atoms with Crippen molar-refractivity contribution in [3.63, 3.8) is 0 Å². The molecular formula is C40H22N2O. The van der Waals surface area contributed by atoms with Crippen molar-refractivity contribution in [1.29, 1.82) is 0 Å². The van der Waals surface area contributed by atoms with Crippen molar-refractivity contribution in [2.75, 3.05) is 0 Å². The van der Waals surface area contributed by atoms with Crippen LogP contribution in [0.25, 0.3) is 98.3 Å². The Labute approximate surface area is 244 Å². The van der Waals surface area contributed by atoms with Crippen molar-refractivity contribution in [2.24, 2.45) is 0 Å². The molecule has 198 valence electrons. The van der Waals surface area contributed by atoms with Crippen LogP contribution in [0, 0.1) is 0 Å². The molecule has 4 aromatic heterocycles. The van der Waals surface area contributed by atoms with E-state index in [1.807, 2.05) is 0 Å². The zero-order valence-electron chi connectivity index (χ0n) is 23.0. The molecule has 0 amide bonds. The molecule has 4 heterocycles. The van der Waals surface area contributed by atoms with E-state index in [2.05, 4.69) is 142 Å². The summed E-state index contributed by atoms with van der Waals surface area (Å²) in [4.78, 5) is 0. The lowest BCUT2D eigenvalue weighted by molar-refractivity contribution is 0.669. The molecule has 0 spiro atoms. The predicted octanol–water partition coefficient (Wildman–Crippen LogP) is 11.0. The molecule has 0 unspecified atom stereocenters. The summed E-state index contributed by atoms with van der Waals surface area (Å²) in [6.45, 7) is 0. The quantitative estimate of drug-likeness (QED) is 0.201. The van der Waals surface area contributed by atoms with Gasteiger partial charge in [0.05, 0.1) is 38.7 Å². The van der Waals surface area contributed by atoms with Crippen LogP contribution in [0.4, 0.5) is 0 Å². The normalized spacial score (nSPS) is 12.7. The first-order valence-corrected chi connectivity index (χ1v) is 14.8. The first-order chi connectivity index (χ1) is 21.3. The van der Waals surface area contributed by atoms with E-state index in [9.17, 15) is 0 Å². The monoisotopic (exact) mass is 546 g/mol. The summed E-state index contributed by atoms with van der Waals surface area (Å²) in [6, 6.07) is 48.6. The number of hydrogen-bond acceptors (Lipinski definition) is 1. The van der Waals surface area contributed by atoms with Crippen molar-refractivity contribution in [2.45, 2.75) is 0 Å². The first kappa shape index (κ1) is 21.9. The van der Waals surface area contributed by atoms with E-state index in [-0.39, 0.29) is 0 Å². The van der Waals surface area contributed by atoms with Gasteiger partial charge in [-0.15, -0.1) is 0 Å². The fourth-order valence-corrected chi connectivity index (χ4v) is 7.93. The third kappa shape index (κ3) is 2.58. The molecule has 11 rings (SSSR count). The number of furan rings is 1. The summed E-state index contributed by atoms with van der Waals surface area (Å²) in [6.07, 6.45) is 0. The number of rotatable bonds is 1. The van der Waals surface area contributed by atoms with Gasteiger partial charge in [-0.1, -0.05) is 84.9 Å². The van der Waals surface area contributed by atoms with Gasteiger partial charge in [-0.05, 0) is 64.7 Å². The van der Waals surface area contributed by atoms with E-state index in [1.165, 1.54) is 70.7 Å². The molecular weight excluding hydrogens is 524 g/mol. The number of hydrogen-bond donors (Lipinski definition) is 0. The number of fused-ring (bicyclic) bond motifs is 9. The second-order valence-electron chi connectivity index (χ2n) is 11.7. The lowest BCUT2D eigenvalue weighted by Crippen LogP contribution is -1.95. The minimum Gasteiger partial charge on any atom is -0.456 e. The molecule has 0 bridgehead atoms. The Morgan fingerprint density at radius 2 is 1.02 bits per heavy atom. The van der Waals surface area contributed by atoms with Crippen molar-refractivity contribution in [3.8, 4) is 5.69 Å². The van der Waals surface area contributed by atoms with Crippen LogP contribution in [0.15, 0.2) is 138 Å². The molecule has 0 fully saturated rings. The largest absolute Gasteiger partial charge is 0.456 e. The standard InChI is InChI=1S/C40H22N2O/c1-2-10-24-22-36-29(21-23(24)9-1)37-31(19-8-20-35(37)43-36)41-32-16-6-12-26-28-14-5-13-27-25-11-3-4-15-30(25)42(40(27)28)34-18-7-17-33(41)39(34)38(26)32/h1-22H. The van der Waals surface area contributed by atoms with E-state index >= 15 is 0 Å². The van der Waals surface area contributed by atoms with Crippen molar-refractivity contribution < 1.29 is 4.42 Å². The summed E-state index contributed by atoms with van der Waals surface area (Å²) in [5.41, 5.74) is 9.09. The molecule has 0 saturated heterocycles. The average molecular weight is 547 g/mol. The number of aromatic nitrogens is 2. The molecule has 0 aliphatic heterocycles. The van der Waals surface area contributed by atoms with Gasteiger partial charge in [-0.25, -0.2) is 0 Å². The zero-order chi connectivity index (χ0) is 27.8. The lowest BCUT2D eigenvalue weighted by Gasteiger charge is -2.10. The van der Waals surface area contributed by atoms with Crippen LogP contribution in [-0.4, -0.2) is 8.97 Å². The highest BCUT2D eigenvalue weighted by atomic mass is 16.3. The maximum Gasteiger partial charge on any atom is 0.137 e. The van der Waals surface area contributed by atoms with E-state index < -0.39 is 0 Å². The SMILES string of the molecule is c1ccc2cc3c(cc2c1)oc1cccc(-n2c4cccc5c6cccc7c8ccccc8n(c8cccc2c8c54)c67)c13. The fourth-order valence-electron chi connectivity index (χ4n) is 7.93. The fraction of sp³-hybridized carbons (Fsp3) is 0. The van der Waals surface area contributed by atoms with Crippen LogP contribution in [0.3, 0.4) is 0 Å². The smallest absolute Gasteiger partial charge is 0.137 e. The molecule has 3 nitrogen and oxygen atoms in total. The second kappa shape index (κ2) is 7.53. The molecule has 43 heavy (non-hydrogen) atoms. The van der Waals surface area contributed by atoms with Crippen LogP contribution in [0.2, 0.25) is 0 Å². The Morgan fingerprint density at radius 1 is 0.395 bits per heavy atom. The van der Waals surface area contributed by atoms with E-state index in [1.54, 1.807) is 0 Å². The van der Waals surface area contributed by atoms with E-state index in [0.717, 1.165) is 27.6 Å². The molecule has 0 N–H and O–H groups in total. The van der Waals surface area contributed by atoms with Gasteiger partial charge in [0.25, 0.3) is 0 Å². The molecule has 0 saturated carbocycles. The summed E-state index contributed by atoms with van der Waals surface area (Å²) in [5.74, 6) is 0. The zero-order valence-corrected chi connectivity index (χ0v) is 23.0.